The van der Waals surface area contributed by atoms with Crippen LogP contribution >= 0.6 is 0 Å². The van der Waals surface area contributed by atoms with Crippen LogP contribution < -0.4 is 24.7 Å². The summed E-state index contributed by atoms with van der Waals surface area (Å²) < 4.78 is 45.4. The van der Waals surface area contributed by atoms with E-state index in [0.717, 1.165) is 62.3 Å². The van der Waals surface area contributed by atoms with Gasteiger partial charge in [0.15, 0.2) is 11.5 Å². The second-order valence-electron chi connectivity index (χ2n) is 17.0. The largest absolute Gasteiger partial charge is 3.00 e. The summed E-state index contributed by atoms with van der Waals surface area (Å²) in [5, 5.41) is 48.1. The molecule has 413 valence electrons. The molecule has 5 rings (SSSR count). The number of carboxylic acid groups (broad SMARTS) is 2. The third-order valence-corrected chi connectivity index (χ3v) is 11.9. The molecule has 73 heavy (non-hydrogen) atoms. The molecule has 2 fully saturated rings. The van der Waals surface area contributed by atoms with Crippen molar-refractivity contribution >= 4 is 47.9 Å². The van der Waals surface area contributed by atoms with E-state index in [2.05, 4.69) is 39.8 Å². The standard InChI is InChI=1S/C48H72N5O10.2C2H4O2.Gd.H2O/c1-7-35-36(8-2)40-28-42-38(12-10-14-55)34(4)46(53-42)32-50-44-30-48(63-26-24-61-22-20-59-18-16-57-6)47(62-25-23-60-21-19-58-17-15-56-5)29-43(44)49-31-45-33(3)37(11-9-13-54)41(52-45)27-39(35)51-40;2*1-2(3)4;;/h27-34,37-38,45-46,54-55H,7-26H2,1-6H3;2*1H3,(H,3,4);;1H2/q-3;;;+3;/p-2. The fraction of sp³-hybridized carbons (Fsp3) is 0.654. The quantitative estimate of drug-likeness (QED) is 0.114. The van der Waals surface area contributed by atoms with Crippen molar-refractivity contribution in [2.24, 2.45) is 33.7 Å². The van der Waals surface area contributed by atoms with Crippen LogP contribution in [0.15, 0.2) is 33.5 Å². The molecule has 20 nitrogen and oxygen atoms in total. The van der Waals surface area contributed by atoms with Crippen LogP contribution in [0.4, 0.5) is 11.4 Å². The number of aliphatic hydroxyl groups excluding tert-OH is 2. The maximum absolute atomic E-state index is 9.89. The number of carbonyl (C=O) groups excluding carboxylic acids is 2. The molecule has 21 heteroatoms. The summed E-state index contributed by atoms with van der Waals surface area (Å²) in [5.41, 5.74) is 7.51. The number of aromatic nitrogens is 1. The molecule has 0 amide bonds. The number of aliphatic carboxylic acids is 2. The Morgan fingerprint density at radius 3 is 1.25 bits per heavy atom. The Hall–Kier alpha value is -3.58. The molecule has 2 saturated heterocycles. The molecule has 6 unspecified atom stereocenters. The van der Waals surface area contributed by atoms with Crippen molar-refractivity contribution < 1.29 is 113 Å². The van der Waals surface area contributed by atoms with Gasteiger partial charge in [-0.3, -0.25) is 9.98 Å². The zero-order chi connectivity index (χ0) is 52.0. The SMILES string of the molecule is CC(=O)[O-].CC(=O)[O-].CCc1c2[n-]c(c1CC)C=C1[N-]C(C=Nc3cc(OCCOCCOCCOC)c(OCCOCCOCCOC)cc3N=CC3[N-]C(=C2)C(CCCO)C3C)C(C)C1CCCO.O.[Gd+3]. The number of ether oxygens (including phenoxy) is 8. The number of allylic oxidation sites excluding steroid dienone is 2. The Morgan fingerprint density at radius 2 is 0.932 bits per heavy atom. The summed E-state index contributed by atoms with van der Waals surface area (Å²) in [5.74, 6) is -0.674. The number of fused-ring (bicyclic) bond motifs is 7. The first-order chi connectivity index (χ1) is 34.3. The topological polar surface area (TPSA) is 293 Å². The van der Waals surface area contributed by atoms with Gasteiger partial charge in [-0.1, -0.05) is 63.1 Å². The van der Waals surface area contributed by atoms with Crippen molar-refractivity contribution in [3.63, 3.8) is 0 Å². The summed E-state index contributed by atoms with van der Waals surface area (Å²) in [4.78, 5) is 33.3. The van der Waals surface area contributed by atoms with Crippen LogP contribution in [-0.4, -0.2) is 159 Å². The molecule has 1 aromatic carbocycles. The zero-order valence-corrected chi connectivity index (χ0v) is 46.2. The fourth-order valence-electron chi connectivity index (χ4n) is 8.37. The Bertz CT molecular complexity index is 1850. The predicted molar refractivity (Wildman–Crippen MR) is 272 cm³/mol. The fourth-order valence-corrected chi connectivity index (χ4v) is 8.37. The van der Waals surface area contributed by atoms with E-state index in [9.17, 15) is 10.2 Å². The number of aliphatic hydroxyl groups is 2. The van der Waals surface area contributed by atoms with Crippen molar-refractivity contribution in [3.8, 4) is 11.5 Å². The smallest absolute Gasteiger partial charge is 0.680 e. The van der Waals surface area contributed by atoms with Gasteiger partial charge in [-0.2, -0.15) is 11.4 Å². The third kappa shape index (κ3) is 23.9. The Morgan fingerprint density at radius 1 is 0.603 bits per heavy atom. The number of carboxylic acids is 2. The van der Waals surface area contributed by atoms with Crippen LogP contribution in [-0.2, 0) is 50.9 Å². The summed E-state index contributed by atoms with van der Waals surface area (Å²) >= 11 is 0. The van der Waals surface area contributed by atoms with Gasteiger partial charge in [0, 0.05) is 51.5 Å². The maximum atomic E-state index is 9.89. The molecule has 1 aromatic heterocycles. The number of nitrogens with zero attached hydrogens (tertiary/aromatic N) is 5. The van der Waals surface area contributed by atoms with Gasteiger partial charge in [-0.05, 0) is 88.5 Å². The van der Waals surface area contributed by atoms with Crippen LogP contribution in [0.1, 0.15) is 89.7 Å². The van der Waals surface area contributed by atoms with Gasteiger partial charge in [-0.15, -0.1) is 11.4 Å². The molecule has 3 aliphatic heterocycles. The minimum atomic E-state index is -1.08. The molecule has 2 aromatic rings. The molecular formula is C52H80GdN5O15-2. The first-order valence-electron chi connectivity index (χ1n) is 24.7. The van der Waals surface area contributed by atoms with Crippen molar-refractivity contribution in [2.45, 2.75) is 92.2 Å². The molecule has 4 N–H and O–H groups in total. The van der Waals surface area contributed by atoms with Crippen LogP contribution in [0.25, 0.3) is 22.8 Å². The van der Waals surface area contributed by atoms with E-state index in [0.29, 0.717) is 102 Å². The van der Waals surface area contributed by atoms with E-state index in [1.807, 2.05) is 24.6 Å². The number of hydrogen-bond acceptors (Lipinski definition) is 16. The normalized spacial score (nSPS) is 19.4. The Kier molecular flexibility index (Phi) is 35.9. The number of hydrogen-bond donors (Lipinski definition) is 2. The molecule has 3 aliphatic rings. The first-order valence-corrected chi connectivity index (χ1v) is 24.7. The Balaban J connectivity index is 0.00000248. The molecule has 6 bridgehead atoms. The van der Waals surface area contributed by atoms with Gasteiger partial charge < -0.3 is 89.0 Å². The first kappa shape index (κ1) is 67.4. The molecule has 0 saturated carbocycles. The third-order valence-electron chi connectivity index (χ3n) is 11.9. The van der Waals surface area contributed by atoms with E-state index >= 15 is 0 Å². The molecular weight excluding hydrogens is 1090 g/mol. The van der Waals surface area contributed by atoms with Gasteiger partial charge in [0.2, 0.25) is 0 Å². The van der Waals surface area contributed by atoms with Crippen LogP contribution in [0.2, 0.25) is 0 Å². The number of carbonyl (C=O) groups is 2. The molecule has 0 spiro atoms. The minimum Gasteiger partial charge on any atom is -0.680 e. The number of benzene rings is 1. The minimum absolute atomic E-state index is 0. The van der Waals surface area contributed by atoms with Gasteiger partial charge in [-0.25, -0.2) is 0 Å². The van der Waals surface area contributed by atoms with Crippen molar-refractivity contribution in [1.82, 2.24) is 4.98 Å². The maximum Gasteiger partial charge on any atom is 3.00 e. The van der Waals surface area contributed by atoms with E-state index in [4.69, 9.17) is 83.3 Å². The molecule has 0 aliphatic carbocycles. The van der Waals surface area contributed by atoms with Crippen molar-refractivity contribution in [3.05, 3.63) is 56.7 Å². The van der Waals surface area contributed by atoms with Gasteiger partial charge in [0.05, 0.1) is 77.4 Å². The van der Waals surface area contributed by atoms with Gasteiger partial charge in [0.1, 0.15) is 13.2 Å². The van der Waals surface area contributed by atoms with Crippen LogP contribution in [0, 0.1) is 63.6 Å². The second-order valence-corrected chi connectivity index (χ2v) is 17.0. The average molecular weight is 1170 g/mol. The molecule has 1 radical (unpaired) electrons. The van der Waals surface area contributed by atoms with Crippen molar-refractivity contribution in [2.75, 3.05) is 107 Å². The van der Waals surface area contributed by atoms with Crippen LogP contribution in [0.3, 0.4) is 0 Å². The van der Waals surface area contributed by atoms with Gasteiger partial charge in [0.25, 0.3) is 0 Å². The van der Waals surface area contributed by atoms with Crippen LogP contribution in [0.5, 0.6) is 11.5 Å². The molecule has 6 atom stereocenters. The number of aliphatic imine (C=N–C) groups is 2. The number of rotatable bonds is 28. The number of methoxy groups -OCH3 is 2. The van der Waals surface area contributed by atoms with Crippen molar-refractivity contribution in [1.29, 1.82) is 0 Å². The van der Waals surface area contributed by atoms with E-state index < -0.39 is 11.9 Å². The van der Waals surface area contributed by atoms with E-state index in [-0.39, 0.29) is 108 Å². The monoisotopic (exact) mass is 1170 g/mol. The Labute approximate surface area is 464 Å². The average Bonchev–Trinajstić information content (AvgIpc) is 3.94. The zero-order valence-electron chi connectivity index (χ0n) is 44.0. The van der Waals surface area contributed by atoms with Gasteiger partial charge >= 0.3 is 39.9 Å². The second kappa shape index (κ2) is 38.9. The summed E-state index contributed by atoms with van der Waals surface area (Å²) in [7, 11) is 3.28. The summed E-state index contributed by atoms with van der Waals surface area (Å²) in [6.07, 6.45) is 12.8. The summed E-state index contributed by atoms with van der Waals surface area (Å²) in [6.45, 7) is 16.0. The molecule has 4 heterocycles. The van der Waals surface area contributed by atoms with E-state index in [1.165, 1.54) is 11.1 Å². The summed E-state index contributed by atoms with van der Waals surface area (Å²) in [6, 6.07) is 3.30. The predicted octanol–water partition coefficient (Wildman–Crippen LogP) is 3.93. The van der Waals surface area contributed by atoms with E-state index in [1.54, 1.807) is 14.2 Å².